The average Bonchev–Trinajstić information content (AvgIpc) is 3.00. The summed E-state index contributed by atoms with van der Waals surface area (Å²) in [4.78, 5) is 32.9. The van der Waals surface area contributed by atoms with Crippen molar-refractivity contribution in [2.45, 2.75) is 12.3 Å². The summed E-state index contributed by atoms with van der Waals surface area (Å²) >= 11 is 3.45. The Labute approximate surface area is 181 Å². The molecule has 0 aliphatic carbocycles. The molecule has 1 aromatic heterocycles. The topological polar surface area (TPSA) is 55.2 Å². The number of benzene rings is 3. The zero-order chi connectivity index (χ0) is 20.8. The van der Waals surface area contributed by atoms with Gasteiger partial charge in [-0.15, -0.1) is 0 Å². The maximum Gasteiger partial charge on any atom is 0.265 e. The van der Waals surface area contributed by atoms with Gasteiger partial charge in [0.25, 0.3) is 5.56 Å². The van der Waals surface area contributed by atoms with Crippen molar-refractivity contribution in [1.29, 1.82) is 0 Å². The third kappa shape index (κ3) is 2.95. The van der Waals surface area contributed by atoms with Crippen LogP contribution in [0.1, 0.15) is 17.3 Å². The number of carbonyl (C=O) groups excluding carboxylic acids is 1. The Bertz CT molecular complexity index is 1340. The highest BCUT2D eigenvalue weighted by atomic mass is 79.9. The van der Waals surface area contributed by atoms with E-state index in [0.717, 1.165) is 21.4 Å². The van der Waals surface area contributed by atoms with Gasteiger partial charge in [-0.2, -0.15) is 0 Å². The van der Waals surface area contributed by atoms with E-state index in [1.54, 1.807) is 22.6 Å². The number of likely N-dealkylation sites (N-methyl/N-ethyl adjacent to an activating group) is 1. The molecule has 5 rings (SSSR count). The van der Waals surface area contributed by atoms with Crippen LogP contribution in [-0.4, -0.2) is 22.5 Å². The fourth-order valence-electron chi connectivity index (χ4n) is 4.13. The number of para-hydroxylation sites is 2. The number of nitrogens with zero attached hydrogens (tertiary/aromatic N) is 3. The highest BCUT2D eigenvalue weighted by molar-refractivity contribution is 9.10. The zero-order valence-corrected chi connectivity index (χ0v) is 17.8. The minimum atomic E-state index is -0.374. The highest BCUT2D eigenvalue weighted by Gasteiger charge is 2.36. The second-order valence-corrected chi connectivity index (χ2v) is 8.29. The van der Waals surface area contributed by atoms with Crippen molar-refractivity contribution in [3.8, 4) is 5.69 Å². The minimum absolute atomic E-state index is 0.0148. The summed E-state index contributed by atoms with van der Waals surface area (Å²) in [6.45, 7) is 0. The fourth-order valence-corrected chi connectivity index (χ4v) is 4.39. The van der Waals surface area contributed by atoms with Gasteiger partial charge in [0, 0.05) is 23.6 Å². The lowest BCUT2D eigenvalue weighted by atomic mass is 9.96. The van der Waals surface area contributed by atoms with Crippen LogP contribution in [0.25, 0.3) is 16.6 Å². The molecule has 2 heterocycles. The van der Waals surface area contributed by atoms with Crippen LogP contribution in [0.4, 0.5) is 5.69 Å². The molecule has 0 bridgehead atoms. The number of anilines is 1. The molecule has 0 radical (unpaired) electrons. The van der Waals surface area contributed by atoms with Crippen molar-refractivity contribution in [3.63, 3.8) is 0 Å². The van der Waals surface area contributed by atoms with Gasteiger partial charge in [-0.1, -0.05) is 46.3 Å². The zero-order valence-electron chi connectivity index (χ0n) is 16.2. The van der Waals surface area contributed by atoms with E-state index in [9.17, 15) is 9.59 Å². The second-order valence-electron chi connectivity index (χ2n) is 7.37. The van der Waals surface area contributed by atoms with Crippen LogP contribution in [0, 0.1) is 0 Å². The van der Waals surface area contributed by atoms with Crippen LogP contribution >= 0.6 is 15.9 Å². The monoisotopic (exact) mass is 459 g/mol. The minimum Gasteiger partial charge on any atom is -0.315 e. The van der Waals surface area contributed by atoms with E-state index in [-0.39, 0.29) is 17.4 Å². The molecule has 1 aliphatic heterocycles. The van der Waals surface area contributed by atoms with Gasteiger partial charge in [0.2, 0.25) is 5.91 Å². The molecule has 0 saturated heterocycles. The lowest BCUT2D eigenvalue weighted by Crippen LogP contribution is -2.29. The number of halogens is 1. The third-order valence-corrected chi connectivity index (χ3v) is 6.15. The molecule has 6 heteroatoms. The molecule has 1 atom stereocenters. The van der Waals surface area contributed by atoms with Crippen molar-refractivity contribution >= 4 is 38.4 Å². The molecule has 1 aliphatic rings. The van der Waals surface area contributed by atoms with E-state index in [2.05, 4.69) is 15.9 Å². The molecule has 30 heavy (non-hydrogen) atoms. The SMILES string of the molecule is CN1C(=O)C(Cc2nc3ccccc3c(=O)n2-c2ccc(Br)cc2)c2ccccc21. The normalized spacial score (nSPS) is 15.6. The third-order valence-electron chi connectivity index (χ3n) is 5.62. The Morgan fingerprint density at radius 3 is 2.43 bits per heavy atom. The van der Waals surface area contributed by atoms with Crippen molar-refractivity contribution in [1.82, 2.24) is 9.55 Å². The Morgan fingerprint density at radius 2 is 1.63 bits per heavy atom. The maximum atomic E-state index is 13.4. The predicted molar refractivity (Wildman–Crippen MR) is 121 cm³/mol. The summed E-state index contributed by atoms with van der Waals surface area (Å²) in [7, 11) is 1.79. The molecule has 1 unspecified atom stereocenters. The van der Waals surface area contributed by atoms with Gasteiger partial charge in [0.1, 0.15) is 5.82 Å². The Kier molecular flexibility index (Phi) is 4.51. The van der Waals surface area contributed by atoms with Gasteiger partial charge in [0.15, 0.2) is 0 Å². The molecular weight excluding hydrogens is 442 g/mol. The van der Waals surface area contributed by atoms with E-state index in [0.29, 0.717) is 23.1 Å². The van der Waals surface area contributed by atoms with Gasteiger partial charge < -0.3 is 4.90 Å². The van der Waals surface area contributed by atoms with Crippen molar-refractivity contribution in [3.05, 3.63) is 99.0 Å². The van der Waals surface area contributed by atoms with E-state index >= 15 is 0 Å². The second kappa shape index (κ2) is 7.22. The van der Waals surface area contributed by atoms with Crippen molar-refractivity contribution < 1.29 is 4.79 Å². The average molecular weight is 460 g/mol. The number of rotatable bonds is 3. The molecular formula is C24H18BrN3O2. The Morgan fingerprint density at radius 1 is 0.933 bits per heavy atom. The summed E-state index contributed by atoms with van der Waals surface area (Å²) in [6, 6.07) is 22.7. The predicted octanol–water partition coefficient (Wildman–Crippen LogP) is 4.45. The van der Waals surface area contributed by atoms with Crippen molar-refractivity contribution in [2.75, 3.05) is 11.9 Å². The molecule has 0 saturated carbocycles. The smallest absolute Gasteiger partial charge is 0.265 e. The van der Waals surface area contributed by atoms with Gasteiger partial charge >= 0.3 is 0 Å². The number of aromatic nitrogens is 2. The Balaban J connectivity index is 1.71. The lowest BCUT2D eigenvalue weighted by molar-refractivity contribution is -0.119. The fraction of sp³-hybridized carbons (Fsp3) is 0.125. The largest absolute Gasteiger partial charge is 0.315 e. The molecule has 4 aromatic rings. The molecule has 1 amide bonds. The molecule has 5 nitrogen and oxygen atoms in total. The summed E-state index contributed by atoms with van der Waals surface area (Å²) in [6.07, 6.45) is 0.344. The van der Waals surface area contributed by atoms with E-state index in [1.165, 1.54) is 0 Å². The molecule has 0 N–H and O–H groups in total. The van der Waals surface area contributed by atoms with Gasteiger partial charge in [-0.05, 0) is 48.0 Å². The van der Waals surface area contributed by atoms with Gasteiger partial charge in [0.05, 0.1) is 22.5 Å². The van der Waals surface area contributed by atoms with E-state index in [1.807, 2.05) is 66.7 Å². The van der Waals surface area contributed by atoms with Crippen molar-refractivity contribution in [2.24, 2.45) is 0 Å². The summed E-state index contributed by atoms with van der Waals surface area (Å²) in [5.74, 6) is 0.214. The summed E-state index contributed by atoms with van der Waals surface area (Å²) in [5, 5.41) is 0.555. The molecule has 0 spiro atoms. The lowest BCUT2D eigenvalue weighted by Gasteiger charge is -2.17. The van der Waals surface area contributed by atoms with Gasteiger partial charge in [-0.3, -0.25) is 14.2 Å². The van der Waals surface area contributed by atoms with E-state index < -0.39 is 0 Å². The molecule has 0 fully saturated rings. The quantitative estimate of drug-likeness (QED) is 0.454. The van der Waals surface area contributed by atoms with Crippen LogP contribution in [-0.2, 0) is 11.2 Å². The summed E-state index contributed by atoms with van der Waals surface area (Å²) in [5.41, 5.74) is 3.10. The molecule has 3 aromatic carbocycles. The van der Waals surface area contributed by atoms with E-state index in [4.69, 9.17) is 4.98 Å². The van der Waals surface area contributed by atoms with Crippen LogP contribution in [0.2, 0.25) is 0 Å². The number of carbonyl (C=O) groups is 1. The standard InChI is InChI=1S/C24H18BrN3O2/c1-27-21-9-5-3-6-17(21)19(23(27)29)14-22-26-20-8-4-2-7-18(20)24(30)28(22)16-12-10-15(25)11-13-16/h2-13,19H,14H2,1H3. The maximum absolute atomic E-state index is 13.4. The van der Waals surface area contributed by atoms with Gasteiger partial charge in [-0.25, -0.2) is 4.98 Å². The first-order chi connectivity index (χ1) is 14.5. The first-order valence-electron chi connectivity index (χ1n) is 9.67. The first-order valence-corrected chi connectivity index (χ1v) is 10.5. The number of hydrogen-bond donors (Lipinski definition) is 0. The number of fused-ring (bicyclic) bond motifs is 2. The first kappa shape index (κ1) is 18.8. The number of hydrogen-bond acceptors (Lipinski definition) is 3. The van der Waals surface area contributed by atoms with Crippen LogP contribution in [0.3, 0.4) is 0 Å². The van der Waals surface area contributed by atoms with Crippen LogP contribution < -0.4 is 10.5 Å². The van der Waals surface area contributed by atoms with Crippen LogP contribution in [0.15, 0.2) is 82.1 Å². The molecule has 148 valence electrons. The van der Waals surface area contributed by atoms with Crippen LogP contribution in [0.5, 0.6) is 0 Å². The highest BCUT2D eigenvalue weighted by Crippen LogP contribution is 2.38. The number of amides is 1. The Hall–Kier alpha value is -3.25. The summed E-state index contributed by atoms with van der Waals surface area (Å²) < 4.78 is 2.55.